The number of ether oxygens (including phenoxy) is 3. The molecule has 5 heteroatoms. The Balaban J connectivity index is 4.03. The van der Waals surface area contributed by atoms with Crippen LogP contribution in [0.5, 0.6) is 0 Å². The summed E-state index contributed by atoms with van der Waals surface area (Å²) < 4.78 is 17.3. The number of hydrogen-bond acceptors (Lipinski definition) is 5. The fourth-order valence-corrected chi connectivity index (χ4v) is 7.13. The van der Waals surface area contributed by atoms with Crippen molar-refractivity contribution in [2.75, 3.05) is 19.8 Å². The van der Waals surface area contributed by atoms with Gasteiger partial charge in [-0.25, -0.2) is 0 Å². The summed E-state index contributed by atoms with van der Waals surface area (Å²) in [6.45, 7) is 7.70. The molecule has 0 fully saturated rings. The van der Waals surface area contributed by atoms with Crippen molar-refractivity contribution in [1.82, 2.24) is 0 Å². The van der Waals surface area contributed by atoms with Crippen molar-refractivity contribution in [3.8, 4) is 0 Å². The van der Waals surface area contributed by atoms with Crippen molar-refractivity contribution < 1.29 is 23.8 Å². The Morgan fingerprint density at radius 2 is 0.700 bits per heavy atom. The van der Waals surface area contributed by atoms with Crippen LogP contribution in [0.2, 0.25) is 0 Å². The van der Waals surface area contributed by atoms with E-state index < -0.39 is 6.10 Å². The molecule has 0 saturated carbocycles. The summed E-state index contributed by atoms with van der Waals surface area (Å²) >= 11 is 0. The third-order valence-corrected chi connectivity index (χ3v) is 11.0. The van der Waals surface area contributed by atoms with Crippen molar-refractivity contribution in [3.05, 3.63) is 60.8 Å². The van der Waals surface area contributed by atoms with Crippen LogP contribution >= 0.6 is 0 Å². The monoisotopic (exact) mass is 839 g/mol. The first-order valence-corrected chi connectivity index (χ1v) is 25.8. The molecule has 0 aromatic carbocycles. The van der Waals surface area contributed by atoms with Crippen LogP contribution < -0.4 is 0 Å². The van der Waals surface area contributed by atoms with E-state index in [2.05, 4.69) is 81.5 Å². The molecular weight excluding hydrogens is 741 g/mol. The lowest BCUT2D eigenvalue weighted by atomic mass is 10.1. The number of allylic oxidation sites excluding steroid dienone is 10. The Labute approximate surface area is 373 Å². The van der Waals surface area contributed by atoms with Crippen molar-refractivity contribution >= 4 is 11.9 Å². The molecule has 1 atom stereocenters. The summed E-state index contributed by atoms with van der Waals surface area (Å²) in [5.74, 6) is -0.421. The normalized spacial score (nSPS) is 12.7. The zero-order chi connectivity index (χ0) is 43.5. The van der Waals surface area contributed by atoms with Gasteiger partial charge in [-0.3, -0.25) is 9.59 Å². The third-order valence-electron chi connectivity index (χ3n) is 11.0. The van der Waals surface area contributed by atoms with E-state index in [4.69, 9.17) is 14.2 Å². The minimum Gasteiger partial charge on any atom is -0.462 e. The van der Waals surface area contributed by atoms with E-state index in [1.54, 1.807) is 0 Å². The summed E-state index contributed by atoms with van der Waals surface area (Å²) in [5, 5.41) is 0. The van der Waals surface area contributed by atoms with Crippen LogP contribution in [0.3, 0.4) is 0 Å². The van der Waals surface area contributed by atoms with Crippen molar-refractivity contribution in [3.63, 3.8) is 0 Å². The van der Waals surface area contributed by atoms with Crippen LogP contribution in [0.1, 0.15) is 252 Å². The van der Waals surface area contributed by atoms with Gasteiger partial charge >= 0.3 is 11.9 Å². The molecule has 0 N–H and O–H groups in total. The maximum atomic E-state index is 12.6. The minimum absolute atomic E-state index is 0.0768. The smallest absolute Gasteiger partial charge is 0.306 e. The summed E-state index contributed by atoms with van der Waals surface area (Å²) in [6.07, 6.45) is 64.0. The quantitative estimate of drug-likeness (QED) is 0.0347. The van der Waals surface area contributed by atoms with Crippen LogP contribution in [0.25, 0.3) is 0 Å². The largest absolute Gasteiger partial charge is 0.462 e. The molecule has 1 unspecified atom stereocenters. The predicted octanol–water partition coefficient (Wildman–Crippen LogP) is 17.3. The second-order valence-electron chi connectivity index (χ2n) is 17.1. The second kappa shape index (κ2) is 51.0. The molecule has 348 valence electrons. The molecule has 0 bridgehead atoms. The highest BCUT2D eigenvalue weighted by molar-refractivity contribution is 5.70. The predicted molar refractivity (Wildman–Crippen MR) is 261 cm³/mol. The molecule has 5 nitrogen and oxygen atoms in total. The molecule has 0 aromatic rings. The zero-order valence-electron chi connectivity index (χ0n) is 40.0. The Hall–Kier alpha value is -2.40. The minimum atomic E-state index is -0.539. The van der Waals surface area contributed by atoms with Crippen molar-refractivity contribution in [2.24, 2.45) is 0 Å². The van der Waals surface area contributed by atoms with Crippen LogP contribution in [-0.2, 0) is 23.8 Å². The molecule has 0 spiro atoms. The van der Waals surface area contributed by atoms with Crippen LogP contribution in [0.4, 0.5) is 0 Å². The Kier molecular flexibility index (Phi) is 48.9. The van der Waals surface area contributed by atoms with Gasteiger partial charge < -0.3 is 14.2 Å². The molecule has 0 aromatic heterocycles. The molecule has 0 aliphatic heterocycles. The van der Waals surface area contributed by atoms with Crippen molar-refractivity contribution in [2.45, 2.75) is 258 Å². The summed E-state index contributed by atoms with van der Waals surface area (Å²) in [5.41, 5.74) is 0. The molecule has 0 aliphatic rings. The number of hydrogen-bond donors (Lipinski definition) is 0. The SMILES string of the molecule is CCCCC/C=C\C/C=C\C/C=C\CCCCCCCCC(=O)OCC(COCCCCCCCCCCCC/C=C\C/C=C\CCCCC)OC(=O)CCCCCCC. The number of carbonyl (C=O) groups excluding carboxylic acids is 2. The average molecular weight is 839 g/mol. The lowest BCUT2D eigenvalue weighted by Crippen LogP contribution is -2.30. The highest BCUT2D eigenvalue weighted by atomic mass is 16.6. The number of carbonyl (C=O) groups is 2. The third kappa shape index (κ3) is 48.3. The van der Waals surface area contributed by atoms with Gasteiger partial charge in [-0.2, -0.15) is 0 Å². The van der Waals surface area contributed by atoms with Gasteiger partial charge in [0.05, 0.1) is 6.61 Å². The molecule has 60 heavy (non-hydrogen) atoms. The molecule has 0 amide bonds. The molecule has 0 radical (unpaired) electrons. The zero-order valence-corrected chi connectivity index (χ0v) is 40.0. The molecule has 0 aliphatic carbocycles. The molecular formula is C55H98O5. The average Bonchev–Trinajstić information content (AvgIpc) is 3.25. The maximum absolute atomic E-state index is 12.6. The molecule has 0 rings (SSSR count). The van der Waals surface area contributed by atoms with Crippen LogP contribution in [0.15, 0.2) is 60.8 Å². The van der Waals surface area contributed by atoms with Gasteiger partial charge in [-0.15, -0.1) is 0 Å². The standard InChI is InChI=1S/C55H98O5/c1-4-7-10-13-15-17-19-21-23-25-27-29-31-33-35-37-39-41-44-47-50-58-51-53(60-55(57)49-46-42-12-9-6-3)52-59-54(56)48-45-43-40-38-36-34-32-30-28-26-24-22-20-18-16-14-11-8-5-2/h15-18,21-24,28,30,53H,4-14,19-20,25-27,29,31-52H2,1-3H3/b17-15-,18-16-,23-21-,24-22-,30-28-. The van der Waals surface area contributed by atoms with Crippen LogP contribution in [-0.4, -0.2) is 37.9 Å². The van der Waals surface area contributed by atoms with E-state index in [0.717, 1.165) is 77.0 Å². The number of unbranched alkanes of at least 4 members (excludes halogenated alkanes) is 26. The Bertz CT molecular complexity index is 1040. The van der Waals surface area contributed by atoms with Gasteiger partial charge in [0.25, 0.3) is 0 Å². The van der Waals surface area contributed by atoms with Gasteiger partial charge in [-0.1, -0.05) is 210 Å². The van der Waals surface area contributed by atoms with Gasteiger partial charge in [0.1, 0.15) is 6.61 Å². The summed E-state index contributed by atoms with van der Waals surface area (Å²) in [4.78, 5) is 25.1. The molecule has 0 heterocycles. The van der Waals surface area contributed by atoms with E-state index in [9.17, 15) is 9.59 Å². The fourth-order valence-electron chi connectivity index (χ4n) is 7.13. The van der Waals surface area contributed by atoms with E-state index in [0.29, 0.717) is 19.4 Å². The first kappa shape index (κ1) is 57.6. The second-order valence-corrected chi connectivity index (χ2v) is 17.1. The number of rotatable bonds is 47. The fraction of sp³-hybridized carbons (Fsp3) is 0.782. The first-order chi connectivity index (χ1) is 29.6. The van der Waals surface area contributed by atoms with Gasteiger partial charge in [0.15, 0.2) is 6.10 Å². The number of esters is 2. The van der Waals surface area contributed by atoms with E-state index >= 15 is 0 Å². The Morgan fingerprint density at radius 3 is 1.15 bits per heavy atom. The first-order valence-electron chi connectivity index (χ1n) is 25.8. The summed E-state index contributed by atoms with van der Waals surface area (Å²) in [6, 6.07) is 0. The van der Waals surface area contributed by atoms with E-state index in [1.165, 1.54) is 141 Å². The topological polar surface area (TPSA) is 61.8 Å². The summed E-state index contributed by atoms with van der Waals surface area (Å²) in [7, 11) is 0. The van der Waals surface area contributed by atoms with Gasteiger partial charge in [0.2, 0.25) is 0 Å². The van der Waals surface area contributed by atoms with Gasteiger partial charge in [0, 0.05) is 19.4 Å². The van der Waals surface area contributed by atoms with Crippen molar-refractivity contribution in [1.29, 1.82) is 0 Å². The highest BCUT2D eigenvalue weighted by Crippen LogP contribution is 2.14. The Morgan fingerprint density at radius 1 is 0.367 bits per heavy atom. The highest BCUT2D eigenvalue weighted by Gasteiger charge is 2.17. The van der Waals surface area contributed by atoms with E-state index in [1.807, 2.05) is 0 Å². The molecule has 0 saturated heterocycles. The lowest BCUT2D eigenvalue weighted by molar-refractivity contribution is -0.163. The lowest BCUT2D eigenvalue weighted by Gasteiger charge is -2.18. The maximum Gasteiger partial charge on any atom is 0.306 e. The van der Waals surface area contributed by atoms with Crippen LogP contribution in [0, 0.1) is 0 Å². The van der Waals surface area contributed by atoms with E-state index in [-0.39, 0.29) is 25.2 Å². The van der Waals surface area contributed by atoms with Gasteiger partial charge in [-0.05, 0) is 89.9 Å².